The molecule has 0 amide bonds. The molecule has 1 saturated carbocycles. The quantitative estimate of drug-likeness (QED) is 0.824. The van der Waals surface area contributed by atoms with E-state index in [4.69, 9.17) is 0 Å². The second-order valence-electron chi connectivity index (χ2n) is 7.25. The molecule has 2 rings (SSSR count). The second kappa shape index (κ2) is 6.55. The van der Waals surface area contributed by atoms with Gasteiger partial charge in [-0.25, -0.2) is 0 Å². The van der Waals surface area contributed by atoms with Crippen molar-refractivity contribution in [1.29, 1.82) is 0 Å². The topological polar surface area (TPSA) is 18.5 Å². The highest BCUT2D eigenvalue weighted by Gasteiger charge is 2.31. The second-order valence-corrected chi connectivity index (χ2v) is 7.25. The molecule has 0 aromatic carbocycles. The molecule has 0 spiro atoms. The fourth-order valence-corrected chi connectivity index (χ4v) is 3.66. The summed E-state index contributed by atoms with van der Waals surface area (Å²) in [6, 6.07) is 1.48. The van der Waals surface area contributed by atoms with Gasteiger partial charge < -0.3 is 10.2 Å². The van der Waals surface area contributed by atoms with Crippen LogP contribution >= 0.6 is 0 Å². The fourth-order valence-electron chi connectivity index (χ4n) is 3.66. The van der Waals surface area contributed by atoms with Crippen molar-refractivity contribution in [2.45, 2.75) is 58.5 Å². The van der Waals surface area contributed by atoms with Crippen LogP contribution in [0.4, 0.5) is 0 Å². The van der Waals surface area contributed by atoms with E-state index >= 15 is 0 Å². The highest BCUT2D eigenvalue weighted by Crippen LogP contribution is 2.26. The Kier molecular flexibility index (Phi) is 5.27. The lowest BCUT2D eigenvalue weighted by molar-refractivity contribution is 0.0644. The standard InChI is InChI=1S/C16H33N3/c1-14(17-4)16(2,3)13-18-9-11-19(12-10-18)15-7-5-6-8-15/h14-15,17H,5-13H2,1-4H3. The predicted molar refractivity (Wildman–Crippen MR) is 82.6 cm³/mol. The van der Waals surface area contributed by atoms with Crippen LogP contribution in [-0.4, -0.2) is 61.7 Å². The van der Waals surface area contributed by atoms with Gasteiger partial charge in [0.2, 0.25) is 0 Å². The van der Waals surface area contributed by atoms with Crippen molar-refractivity contribution < 1.29 is 0 Å². The largest absolute Gasteiger partial charge is 0.317 e. The van der Waals surface area contributed by atoms with Crippen LogP contribution in [0.15, 0.2) is 0 Å². The Morgan fingerprint density at radius 1 is 1.11 bits per heavy atom. The molecule has 1 aliphatic heterocycles. The summed E-state index contributed by atoms with van der Waals surface area (Å²) >= 11 is 0. The zero-order valence-electron chi connectivity index (χ0n) is 13.4. The number of rotatable bonds is 5. The molecule has 2 fully saturated rings. The van der Waals surface area contributed by atoms with Crippen LogP contribution in [0.5, 0.6) is 0 Å². The minimum absolute atomic E-state index is 0.351. The number of hydrogen-bond acceptors (Lipinski definition) is 3. The summed E-state index contributed by atoms with van der Waals surface area (Å²) in [6.07, 6.45) is 5.81. The van der Waals surface area contributed by atoms with Crippen molar-refractivity contribution in [3.05, 3.63) is 0 Å². The summed E-state index contributed by atoms with van der Waals surface area (Å²) in [7, 11) is 2.07. The summed E-state index contributed by atoms with van der Waals surface area (Å²) in [5.41, 5.74) is 0.351. The van der Waals surface area contributed by atoms with E-state index in [2.05, 4.69) is 42.9 Å². The van der Waals surface area contributed by atoms with Crippen molar-refractivity contribution in [3.63, 3.8) is 0 Å². The van der Waals surface area contributed by atoms with Gasteiger partial charge in [-0.1, -0.05) is 26.7 Å². The van der Waals surface area contributed by atoms with Gasteiger partial charge in [0.1, 0.15) is 0 Å². The third kappa shape index (κ3) is 3.93. The van der Waals surface area contributed by atoms with E-state index in [1.165, 1.54) is 58.4 Å². The van der Waals surface area contributed by atoms with Crippen molar-refractivity contribution >= 4 is 0 Å². The highest BCUT2D eigenvalue weighted by atomic mass is 15.3. The number of hydrogen-bond donors (Lipinski definition) is 1. The smallest absolute Gasteiger partial charge is 0.0113 e. The molecule has 1 saturated heterocycles. The first-order valence-corrected chi connectivity index (χ1v) is 8.16. The van der Waals surface area contributed by atoms with E-state index in [1.807, 2.05) is 0 Å². The SMILES string of the molecule is CNC(C)C(C)(C)CN1CCN(C2CCCC2)CC1. The first kappa shape index (κ1) is 15.3. The van der Waals surface area contributed by atoms with E-state index in [0.717, 1.165) is 6.04 Å². The Morgan fingerprint density at radius 3 is 2.21 bits per heavy atom. The zero-order valence-corrected chi connectivity index (χ0v) is 13.4. The predicted octanol–water partition coefficient (Wildman–Crippen LogP) is 2.18. The maximum absolute atomic E-state index is 3.41. The van der Waals surface area contributed by atoms with E-state index < -0.39 is 0 Å². The van der Waals surface area contributed by atoms with Crippen LogP contribution < -0.4 is 5.32 Å². The monoisotopic (exact) mass is 267 g/mol. The number of piperazine rings is 1. The van der Waals surface area contributed by atoms with E-state index in [0.29, 0.717) is 11.5 Å². The molecule has 0 radical (unpaired) electrons. The molecule has 19 heavy (non-hydrogen) atoms. The summed E-state index contributed by atoms with van der Waals surface area (Å²) in [4.78, 5) is 5.41. The molecule has 1 N–H and O–H groups in total. The maximum atomic E-state index is 3.41. The Bertz CT molecular complexity index is 263. The average Bonchev–Trinajstić information content (AvgIpc) is 2.92. The molecule has 0 aromatic heterocycles. The van der Waals surface area contributed by atoms with E-state index in [-0.39, 0.29) is 0 Å². The third-order valence-corrected chi connectivity index (χ3v) is 5.48. The Morgan fingerprint density at radius 2 is 1.68 bits per heavy atom. The summed E-state index contributed by atoms with van der Waals surface area (Å²) in [5, 5.41) is 3.41. The van der Waals surface area contributed by atoms with Crippen molar-refractivity contribution in [1.82, 2.24) is 15.1 Å². The molecule has 1 aliphatic carbocycles. The van der Waals surface area contributed by atoms with Crippen LogP contribution in [0, 0.1) is 5.41 Å². The fraction of sp³-hybridized carbons (Fsp3) is 1.00. The number of nitrogens with one attached hydrogen (secondary N) is 1. The van der Waals surface area contributed by atoms with Crippen LogP contribution in [0.25, 0.3) is 0 Å². The lowest BCUT2D eigenvalue weighted by Crippen LogP contribution is -2.53. The molecule has 3 heteroatoms. The Balaban J connectivity index is 1.76. The zero-order chi connectivity index (χ0) is 13.9. The normalized spacial score (nSPS) is 25.9. The first-order chi connectivity index (χ1) is 9.03. The van der Waals surface area contributed by atoms with Gasteiger partial charge in [0.05, 0.1) is 0 Å². The van der Waals surface area contributed by atoms with Gasteiger partial charge in [-0.3, -0.25) is 4.90 Å². The van der Waals surface area contributed by atoms with Crippen molar-refractivity contribution in [2.75, 3.05) is 39.8 Å². The minimum Gasteiger partial charge on any atom is -0.317 e. The Hall–Kier alpha value is -0.120. The summed E-state index contributed by atoms with van der Waals surface area (Å²) in [5.74, 6) is 0. The van der Waals surface area contributed by atoms with E-state index in [9.17, 15) is 0 Å². The van der Waals surface area contributed by atoms with Crippen LogP contribution in [-0.2, 0) is 0 Å². The molecular formula is C16H33N3. The molecule has 1 unspecified atom stereocenters. The minimum atomic E-state index is 0.351. The van der Waals surface area contributed by atoms with E-state index in [1.54, 1.807) is 0 Å². The van der Waals surface area contributed by atoms with Crippen molar-refractivity contribution in [3.8, 4) is 0 Å². The maximum Gasteiger partial charge on any atom is 0.0113 e. The van der Waals surface area contributed by atoms with Gasteiger partial charge in [0, 0.05) is 44.8 Å². The molecule has 3 nitrogen and oxygen atoms in total. The third-order valence-electron chi connectivity index (χ3n) is 5.48. The molecule has 112 valence electrons. The van der Waals surface area contributed by atoms with Gasteiger partial charge in [0.15, 0.2) is 0 Å². The summed E-state index contributed by atoms with van der Waals surface area (Å²) < 4.78 is 0. The molecule has 1 atom stereocenters. The lowest BCUT2D eigenvalue weighted by atomic mass is 9.84. The van der Waals surface area contributed by atoms with Crippen LogP contribution in [0.2, 0.25) is 0 Å². The summed E-state index contributed by atoms with van der Waals surface area (Å²) in [6.45, 7) is 13.4. The van der Waals surface area contributed by atoms with Gasteiger partial charge in [-0.05, 0) is 32.2 Å². The van der Waals surface area contributed by atoms with Crippen LogP contribution in [0.1, 0.15) is 46.5 Å². The molecule has 1 heterocycles. The van der Waals surface area contributed by atoms with Gasteiger partial charge in [-0.15, -0.1) is 0 Å². The van der Waals surface area contributed by atoms with Gasteiger partial charge in [0.25, 0.3) is 0 Å². The molecule has 0 aromatic rings. The molecule has 2 aliphatic rings. The molecular weight excluding hydrogens is 234 g/mol. The average molecular weight is 267 g/mol. The lowest BCUT2D eigenvalue weighted by Gasteiger charge is -2.42. The molecule has 0 bridgehead atoms. The van der Waals surface area contributed by atoms with Crippen LogP contribution in [0.3, 0.4) is 0 Å². The highest BCUT2D eigenvalue weighted by molar-refractivity contribution is 4.87. The number of nitrogens with zero attached hydrogens (tertiary/aromatic N) is 2. The van der Waals surface area contributed by atoms with Gasteiger partial charge in [-0.2, -0.15) is 0 Å². The first-order valence-electron chi connectivity index (χ1n) is 8.16. The van der Waals surface area contributed by atoms with Crippen molar-refractivity contribution in [2.24, 2.45) is 5.41 Å². The van der Waals surface area contributed by atoms with Gasteiger partial charge >= 0.3 is 0 Å². The Labute approximate surface area is 119 Å².